The van der Waals surface area contributed by atoms with Crippen LogP contribution in [0, 0.1) is 27.7 Å². The van der Waals surface area contributed by atoms with Gasteiger partial charge in [0.15, 0.2) is 6.61 Å². The van der Waals surface area contributed by atoms with Crippen molar-refractivity contribution in [3.63, 3.8) is 0 Å². The maximum atomic E-state index is 12.1. The Morgan fingerprint density at radius 3 is 2.38 bits per heavy atom. The molecule has 0 atom stereocenters. The van der Waals surface area contributed by atoms with Crippen LogP contribution < -0.4 is 5.32 Å². The summed E-state index contributed by atoms with van der Waals surface area (Å²) in [6, 6.07) is 3.37. The molecule has 0 aliphatic carbocycles. The van der Waals surface area contributed by atoms with Gasteiger partial charge in [0.25, 0.3) is 5.91 Å². The molecule has 0 aliphatic rings. The third-order valence-electron chi connectivity index (χ3n) is 3.65. The Hall–Kier alpha value is -1.98. The summed E-state index contributed by atoms with van der Waals surface area (Å²) in [5, 5.41) is 3.21. The number of anilines is 1. The fourth-order valence-electron chi connectivity index (χ4n) is 2.24. The molecule has 0 saturated carbocycles. The van der Waals surface area contributed by atoms with Crippen LogP contribution >= 0.6 is 23.2 Å². The van der Waals surface area contributed by atoms with Crippen LogP contribution in [0.1, 0.15) is 33.0 Å². The number of amides is 1. The molecular weight excluding hydrogens is 353 g/mol. The maximum absolute atomic E-state index is 12.1. The molecule has 1 heterocycles. The summed E-state index contributed by atoms with van der Waals surface area (Å²) in [5.41, 5.74) is 2.11. The van der Waals surface area contributed by atoms with E-state index in [0.717, 1.165) is 5.56 Å². The first-order valence-corrected chi connectivity index (χ1v) is 7.96. The van der Waals surface area contributed by atoms with Gasteiger partial charge in [-0.15, -0.1) is 0 Å². The minimum absolute atomic E-state index is 0.297. The van der Waals surface area contributed by atoms with E-state index in [0.29, 0.717) is 38.4 Å². The van der Waals surface area contributed by atoms with Gasteiger partial charge >= 0.3 is 5.97 Å². The number of esters is 1. The first kappa shape index (κ1) is 18.4. The third kappa shape index (κ3) is 3.74. The SMILES string of the molecule is Cc1ccc(Cl)c(NC(=O)COC(=O)c2c(C)oc(C)c2C)c1Cl. The second kappa shape index (κ2) is 7.28. The molecule has 1 aromatic carbocycles. The van der Waals surface area contributed by atoms with Crippen LogP contribution in [0.2, 0.25) is 10.0 Å². The minimum Gasteiger partial charge on any atom is -0.465 e. The van der Waals surface area contributed by atoms with Gasteiger partial charge in [-0.2, -0.15) is 0 Å². The quantitative estimate of drug-likeness (QED) is 0.798. The summed E-state index contributed by atoms with van der Waals surface area (Å²) in [6.45, 7) is 6.52. The Balaban J connectivity index is 2.04. The van der Waals surface area contributed by atoms with E-state index in [2.05, 4.69) is 5.32 Å². The molecule has 0 unspecified atom stereocenters. The molecule has 0 radical (unpaired) electrons. The molecule has 1 N–H and O–H groups in total. The van der Waals surface area contributed by atoms with Gasteiger partial charge in [0.05, 0.1) is 15.7 Å². The molecule has 1 aromatic heterocycles. The van der Waals surface area contributed by atoms with Crippen molar-refractivity contribution in [2.24, 2.45) is 0 Å². The molecular formula is C17H17Cl2NO4. The number of halogens is 2. The van der Waals surface area contributed by atoms with Crippen molar-refractivity contribution in [3.05, 3.63) is 50.4 Å². The minimum atomic E-state index is -0.613. The molecule has 0 saturated heterocycles. The van der Waals surface area contributed by atoms with Gasteiger partial charge in [0.1, 0.15) is 17.1 Å². The number of rotatable bonds is 4. The first-order chi connectivity index (χ1) is 11.2. The number of furan rings is 1. The van der Waals surface area contributed by atoms with Crippen molar-refractivity contribution < 1.29 is 18.7 Å². The molecule has 0 bridgehead atoms. The molecule has 7 heteroatoms. The summed E-state index contributed by atoms with van der Waals surface area (Å²) in [6.07, 6.45) is 0. The second-order valence-electron chi connectivity index (χ2n) is 5.39. The zero-order valence-electron chi connectivity index (χ0n) is 13.8. The Kier molecular flexibility index (Phi) is 5.57. The van der Waals surface area contributed by atoms with E-state index in [-0.39, 0.29) is 0 Å². The Bertz CT molecular complexity index is 811. The molecule has 2 rings (SSSR count). The van der Waals surface area contributed by atoms with Gasteiger partial charge in [-0.25, -0.2) is 4.79 Å². The predicted octanol–water partition coefficient (Wildman–Crippen LogP) is 4.62. The van der Waals surface area contributed by atoms with Crippen LogP contribution in [-0.2, 0) is 9.53 Å². The van der Waals surface area contributed by atoms with Crippen LogP contribution in [0.5, 0.6) is 0 Å². The number of nitrogens with one attached hydrogen (secondary N) is 1. The van der Waals surface area contributed by atoms with Gasteiger partial charge in [-0.05, 0) is 39.3 Å². The van der Waals surface area contributed by atoms with E-state index in [1.54, 1.807) is 39.8 Å². The smallest absolute Gasteiger partial charge is 0.342 e. The van der Waals surface area contributed by atoms with E-state index >= 15 is 0 Å². The number of carbonyl (C=O) groups is 2. The highest BCUT2D eigenvalue weighted by atomic mass is 35.5. The number of ether oxygens (including phenoxy) is 1. The Morgan fingerprint density at radius 1 is 1.12 bits per heavy atom. The lowest BCUT2D eigenvalue weighted by Gasteiger charge is -2.11. The van der Waals surface area contributed by atoms with Crippen LogP contribution in [0.25, 0.3) is 0 Å². The number of aryl methyl sites for hydroxylation is 3. The van der Waals surface area contributed by atoms with Gasteiger partial charge in [-0.3, -0.25) is 4.79 Å². The van der Waals surface area contributed by atoms with Crippen LogP contribution in [0.3, 0.4) is 0 Å². The van der Waals surface area contributed by atoms with Gasteiger partial charge in [0.2, 0.25) is 0 Å². The molecule has 128 valence electrons. The topological polar surface area (TPSA) is 68.5 Å². The maximum Gasteiger partial charge on any atom is 0.342 e. The van der Waals surface area contributed by atoms with Crippen molar-refractivity contribution in [3.8, 4) is 0 Å². The summed E-state index contributed by atoms with van der Waals surface area (Å²) in [4.78, 5) is 24.1. The van der Waals surface area contributed by atoms with E-state index in [1.165, 1.54) is 0 Å². The van der Waals surface area contributed by atoms with Gasteiger partial charge in [-0.1, -0.05) is 29.3 Å². The highest BCUT2D eigenvalue weighted by molar-refractivity contribution is 6.40. The standard InChI is InChI=1S/C17H17Cl2NO4/c1-8-5-6-12(18)16(15(8)19)20-13(21)7-23-17(22)14-9(2)10(3)24-11(14)4/h5-6H,7H2,1-4H3,(H,20,21). The van der Waals surface area contributed by atoms with Crippen LogP contribution in [-0.4, -0.2) is 18.5 Å². The summed E-state index contributed by atoms with van der Waals surface area (Å²) in [7, 11) is 0. The highest BCUT2D eigenvalue weighted by Crippen LogP contribution is 2.32. The average molecular weight is 370 g/mol. The molecule has 0 spiro atoms. The summed E-state index contributed by atoms with van der Waals surface area (Å²) in [5.74, 6) is -0.0471. The van der Waals surface area contributed by atoms with Crippen molar-refractivity contribution in [1.29, 1.82) is 0 Å². The molecule has 0 fully saturated rings. The third-order valence-corrected chi connectivity index (χ3v) is 4.45. The van der Waals surface area contributed by atoms with Gasteiger partial charge in [0, 0.05) is 5.56 Å². The lowest BCUT2D eigenvalue weighted by molar-refractivity contribution is -0.119. The second-order valence-corrected chi connectivity index (χ2v) is 6.18. The molecule has 0 aliphatic heterocycles. The molecule has 5 nitrogen and oxygen atoms in total. The first-order valence-electron chi connectivity index (χ1n) is 7.20. The number of hydrogen-bond acceptors (Lipinski definition) is 4. The Morgan fingerprint density at radius 2 is 1.79 bits per heavy atom. The number of benzene rings is 1. The molecule has 1 amide bonds. The number of carbonyl (C=O) groups excluding carboxylic acids is 2. The van der Waals surface area contributed by atoms with E-state index < -0.39 is 18.5 Å². The lowest BCUT2D eigenvalue weighted by atomic mass is 10.1. The zero-order chi connectivity index (χ0) is 18.0. The highest BCUT2D eigenvalue weighted by Gasteiger charge is 2.21. The summed E-state index contributed by atoms with van der Waals surface area (Å²) < 4.78 is 10.4. The molecule has 2 aromatic rings. The molecule has 24 heavy (non-hydrogen) atoms. The van der Waals surface area contributed by atoms with Gasteiger partial charge < -0.3 is 14.5 Å². The van der Waals surface area contributed by atoms with Crippen molar-refractivity contribution in [2.45, 2.75) is 27.7 Å². The van der Waals surface area contributed by atoms with Crippen molar-refractivity contribution in [2.75, 3.05) is 11.9 Å². The van der Waals surface area contributed by atoms with Crippen molar-refractivity contribution in [1.82, 2.24) is 0 Å². The predicted molar refractivity (Wildman–Crippen MR) is 93.0 cm³/mol. The normalized spacial score (nSPS) is 10.6. The fraction of sp³-hybridized carbons (Fsp3) is 0.294. The average Bonchev–Trinajstić information content (AvgIpc) is 2.78. The van der Waals surface area contributed by atoms with E-state index in [9.17, 15) is 9.59 Å². The zero-order valence-corrected chi connectivity index (χ0v) is 15.3. The van der Waals surface area contributed by atoms with E-state index in [1.807, 2.05) is 0 Å². The lowest BCUT2D eigenvalue weighted by Crippen LogP contribution is -2.21. The van der Waals surface area contributed by atoms with E-state index in [4.69, 9.17) is 32.4 Å². The number of hydrogen-bond donors (Lipinski definition) is 1. The van der Waals surface area contributed by atoms with Crippen molar-refractivity contribution >= 4 is 40.8 Å². The van der Waals surface area contributed by atoms with Crippen LogP contribution in [0.4, 0.5) is 5.69 Å². The van der Waals surface area contributed by atoms with Crippen LogP contribution in [0.15, 0.2) is 16.5 Å². The Labute approximate surface area is 149 Å². The summed E-state index contributed by atoms with van der Waals surface area (Å²) >= 11 is 12.2. The monoisotopic (exact) mass is 369 g/mol. The largest absolute Gasteiger partial charge is 0.465 e. The fourth-order valence-corrected chi connectivity index (χ4v) is 2.71.